The van der Waals surface area contributed by atoms with Gasteiger partial charge in [-0.2, -0.15) is 0 Å². The van der Waals surface area contributed by atoms with E-state index >= 15 is 0 Å². The fourth-order valence-corrected chi connectivity index (χ4v) is 6.81. The molecule has 212 valence electrons. The second-order valence-corrected chi connectivity index (χ2v) is 11.8. The van der Waals surface area contributed by atoms with Gasteiger partial charge in [0.25, 0.3) is 0 Å². The van der Waals surface area contributed by atoms with Crippen LogP contribution in [0.25, 0.3) is 0 Å². The van der Waals surface area contributed by atoms with E-state index in [1.807, 2.05) is 6.20 Å². The summed E-state index contributed by atoms with van der Waals surface area (Å²) in [4.78, 5) is 22.1. The van der Waals surface area contributed by atoms with Crippen molar-refractivity contribution in [2.24, 2.45) is 4.99 Å². The average Bonchev–Trinajstić information content (AvgIpc) is 3.34. The first-order valence-electron chi connectivity index (χ1n) is 14.8. The molecule has 40 heavy (non-hydrogen) atoms. The van der Waals surface area contributed by atoms with Gasteiger partial charge in [0, 0.05) is 65.2 Å². The van der Waals surface area contributed by atoms with Gasteiger partial charge < -0.3 is 24.7 Å². The Morgan fingerprint density at radius 1 is 1.05 bits per heavy atom. The highest BCUT2D eigenvalue weighted by molar-refractivity contribution is 5.97. The zero-order valence-corrected chi connectivity index (χ0v) is 24.2. The van der Waals surface area contributed by atoms with Crippen LogP contribution in [0.4, 0.5) is 5.69 Å². The van der Waals surface area contributed by atoms with Crippen LogP contribution < -0.4 is 4.90 Å². The summed E-state index contributed by atoms with van der Waals surface area (Å²) in [7, 11) is 6.41. The summed E-state index contributed by atoms with van der Waals surface area (Å²) in [5, 5.41) is 10.8. The quantitative estimate of drug-likeness (QED) is 0.551. The maximum atomic E-state index is 10.8. The molecule has 0 bridgehead atoms. The number of pyridine rings is 1. The molecule has 1 N–H and O–H groups in total. The van der Waals surface area contributed by atoms with Crippen molar-refractivity contribution in [1.82, 2.24) is 24.6 Å². The number of aromatic nitrogens is 1. The number of benzene rings is 1. The van der Waals surface area contributed by atoms with Crippen LogP contribution in [0.1, 0.15) is 35.7 Å². The fraction of sp³-hybridized carbons (Fsp3) is 0.500. The molecule has 8 nitrogen and oxygen atoms in total. The first kappa shape index (κ1) is 27.0. The minimum atomic E-state index is -0.0933. The summed E-state index contributed by atoms with van der Waals surface area (Å²) in [6.07, 6.45) is 11.7. The first-order chi connectivity index (χ1) is 19.5. The number of piperazine rings is 1. The molecule has 0 radical (unpaired) electrons. The Bertz CT molecular complexity index is 1280. The van der Waals surface area contributed by atoms with Crippen molar-refractivity contribution in [3.63, 3.8) is 0 Å². The van der Waals surface area contributed by atoms with E-state index in [1.165, 1.54) is 28.3 Å². The number of hydrogen-bond donors (Lipinski definition) is 1. The summed E-state index contributed by atoms with van der Waals surface area (Å²) in [5.41, 5.74) is 5.11. The van der Waals surface area contributed by atoms with Gasteiger partial charge in [-0.1, -0.05) is 30.3 Å². The number of hydrogen-bond acceptors (Lipinski definition) is 8. The number of aliphatic hydroxyl groups is 1. The highest BCUT2D eigenvalue weighted by Gasteiger charge is 2.41. The van der Waals surface area contributed by atoms with Crippen LogP contribution in [0.2, 0.25) is 0 Å². The second-order valence-electron chi connectivity index (χ2n) is 11.8. The van der Waals surface area contributed by atoms with Crippen LogP contribution in [-0.2, 0) is 13.0 Å². The number of anilines is 1. The van der Waals surface area contributed by atoms with E-state index in [0.29, 0.717) is 0 Å². The number of amidine groups is 1. The number of likely N-dealkylation sites (N-methyl/N-ethyl adjacent to an activating group) is 1. The Hall–Kier alpha value is -3.20. The van der Waals surface area contributed by atoms with Gasteiger partial charge in [0.05, 0.1) is 30.4 Å². The monoisotopic (exact) mass is 541 g/mol. The molecule has 1 aliphatic carbocycles. The van der Waals surface area contributed by atoms with Crippen molar-refractivity contribution in [3.05, 3.63) is 83.5 Å². The summed E-state index contributed by atoms with van der Waals surface area (Å²) >= 11 is 0. The molecule has 0 saturated carbocycles. The van der Waals surface area contributed by atoms with Crippen LogP contribution in [0, 0.1) is 0 Å². The van der Waals surface area contributed by atoms with Gasteiger partial charge in [0.2, 0.25) is 0 Å². The number of para-hydroxylation sites is 1. The number of rotatable bonds is 8. The number of aliphatic hydroxyl groups excluding tert-OH is 1. The van der Waals surface area contributed by atoms with E-state index in [4.69, 9.17) is 9.98 Å². The lowest BCUT2D eigenvalue weighted by Gasteiger charge is -2.42. The smallest absolute Gasteiger partial charge is 0.129 e. The molecule has 1 saturated heterocycles. The molecule has 2 aromatic rings. The normalized spacial score (nSPS) is 24.6. The zero-order chi connectivity index (χ0) is 27.6. The Labute approximate surface area is 238 Å². The molecular weight excluding hydrogens is 498 g/mol. The Morgan fingerprint density at radius 2 is 1.88 bits per heavy atom. The summed E-state index contributed by atoms with van der Waals surface area (Å²) in [5.74, 6) is 2.14. The lowest BCUT2D eigenvalue weighted by molar-refractivity contribution is 0.104. The summed E-state index contributed by atoms with van der Waals surface area (Å²) in [6, 6.07) is 13.1. The maximum absolute atomic E-state index is 10.8. The molecule has 4 aliphatic rings. The third-order valence-corrected chi connectivity index (χ3v) is 8.95. The topological polar surface area (TPSA) is 61.7 Å². The molecule has 3 atom stereocenters. The molecule has 3 aliphatic heterocycles. The summed E-state index contributed by atoms with van der Waals surface area (Å²) < 4.78 is 0. The van der Waals surface area contributed by atoms with E-state index < -0.39 is 0 Å². The Balaban J connectivity index is 1.31. The highest BCUT2D eigenvalue weighted by Crippen LogP contribution is 2.37. The highest BCUT2D eigenvalue weighted by atomic mass is 16.3. The van der Waals surface area contributed by atoms with Gasteiger partial charge in [-0.25, -0.2) is 0 Å². The van der Waals surface area contributed by atoms with Gasteiger partial charge in [0.1, 0.15) is 11.7 Å². The third-order valence-electron chi connectivity index (χ3n) is 8.95. The lowest BCUT2D eigenvalue weighted by Crippen LogP contribution is -2.52. The number of fused-ring (bicyclic) bond motifs is 2. The molecule has 1 fully saturated rings. The summed E-state index contributed by atoms with van der Waals surface area (Å²) in [6.45, 7) is 5.70. The van der Waals surface area contributed by atoms with E-state index in [2.05, 4.69) is 100 Å². The van der Waals surface area contributed by atoms with Crippen molar-refractivity contribution < 1.29 is 5.11 Å². The molecule has 4 heterocycles. The minimum absolute atomic E-state index is 0.0424. The fourth-order valence-electron chi connectivity index (χ4n) is 6.81. The van der Waals surface area contributed by atoms with Crippen molar-refractivity contribution in [2.75, 3.05) is 65.4 Å². The lowest BCUT2D eigenvalue weighted by atomic mass is 9.90. The van der Waals surface area contributed by atoms with Crippen molar-refractivity contribution in [1.29, 1.82) is 0 Å². The van der Waals surface area contributed by atoms with E-state index in [-0.39, 0.29) is 24.7 Å². The molecule has 1 aromatic carbocycles. The number of aryl methyl sites for hydroxylation is 1. The Kier molecular flexibility index (Phi) is 7.91. The maximum Gasteiger partial charge on any atom is 0.129 e. The van der Waals surface area contributed by atoms with Crippen LogP contribution in [0.3, 0.4) is 0 Å². The van der Waals surface area contributed by atoms with Crippen LogP contribution >= 0.6 is 0 Å². The minimum Gasteiger partial charge on any atom is -0.394 e. The number of aliphatic imine (C=N–C) groups is 1. The Morgan fingerprint density at radius 3 is 2.67 bits per heavy atom. The molecule has 2 unspecified atom stereocenters. The molecule has 0 amide bonds. The number of allylic oxidation sites excluding steroid dienone is 2. The van der Waals surface area contributed by atoms with Gasteiger partial charge >= 0.3 is 0 Å². The SMILES string of the molecule is CN1CCN(C2=CC=CC3=NC(CN(Cc4ccccc4N(C)C)[C@H]4CCCc5cccnc54)C(CO)N23)CC1. The predicted octanol–water partition coefficient (Wildman–Crippen LogP) is 3.13. The average molecular weight is 542 g/mol. The van der Waals surface area contributed by atoms with E-state index in [0.717, 1.165) is 64.4 Å². The van der Waals surface area contributed by atoms with E-state index in [1.54, 1.807) is 0 Å². The van der Waals surface area contributed by atoms with Gasteiger partial charge in [-0.15, -0.1) is 0 Å². The zero-order valence-electron chi connectivity index (χ0n) is 24.2. The molecule has 1 aromatic heterocycles. The van der Waals surface area contributed by atoms with Gasteiger partial charge in [-0.05, 0) is 61.7 Å². The molecule has 8 heteroatoms. The van der Waals surface area contributed by atoms with E-state index in [9.17, 15) is 5.11 Å². The van der Waals surface area contributed by atoms with Gasteiger partial charge in [-0.3, -0.25) is 14.9 Å². The van der Waals surface area contributed by atoms with Crippen molar-refractivity contribution >= 4 is 11.5 Å². The molecular formula is C32H43N7O. The van der Waals surface area contributed by atoms with Crippen LogP contribution in [-0.4, -0.2) is 108 Å². The van der Waals surface area contributed by atoms with Crippen molar-refractivity contribution in [2.45, 2.75) is 43.9 Å². The first-order valence-corrected chi connectivity index (χ1v) is 14.8. The third kappa shape index (κ3) is 5.28. The molecule has 6 rings (SSSR count). The van der Waals surface area contributed by atoms with Crippen LogP contribution in [0.5, 0.6) is 0 Å². The molecule has 0 spiro atoms. The van der Waals surface area contributed by atoms with Crippen molar-refractivity contribution in [3.8, 4) is 0 Å². The standard InChI is InChI=1S/C32H43N7O/c1-35(2)27-12-5-4-9-25(27)21-38(28-13-6-10-24-11-8-16-33-32(24)28)22-26-29(23-40)39-30(34-26)14-7-15-31(39)37-19-17-36(3)18-20-37/h4-5,7-9,11-12,14-16,26,28-29,40H,6,10,13,17-23H2,1-3H3/t26?,28-,29?/m0/s1. The largest absolute Gasteiger partial charge is 0.394 e. The number of nitrogens with zero attached hydrogens (tertiary/aromatic N) is 7. The second kappa shape index (κ2) is 11.7. The van der Waals surface area contributed by atoms with Gasteiger partial charge in [0.15, 0.2) is 0 Å². The predicted molar refractivity (Wildman–Crippen MR) is 161 cm³/mol. The van der Waals surface area contributed by atoms with Crippen LogP contribution in [0.15, 0.2) is 71.6 Å².